The number of aromatic carboxylic acids is 1. The van der Waals surface area contributed by atoms with E-state index in [0.717, 1.165) is 43.5 Å². The van der Waals surface area contributed by atoms with Gasteiger partial charge in [0.2, 0.25) is 0 Å². The van der Waals surface area contributed by atoms with E-state index in [9.17, 15) is 9.90 Å². The number of aromatic amines is 1. The number of carboxylic acid groups (broad SMARTS) is 1. The molecule has 2 atom stereocenters. The monoisotopic (exact) mass is 332 g/mol. The van der Waals surface area contributed by atoms with Crippen LogP contribution in [0, 0.1) is 0 Å². The van der Waals surface area contributed by atoms with Crippen molar-refractivity contribution in [2.45, 2.75) is 49.8 Å². The van der Waals surface area contributed by atoms with E-state index in [1.54, 1.807) is 0 Å². The number of alkyl halides is 1. The van der Waals surface area contributed by atoms with Crippen molar-refractivity contribution in [2.24, 2.45) is 0 Å². The van der Waals surface area contributed by atoms with Crippen LogP contribution in [0.4, 0.5) is 0 Å². The van der Waals surface area contributed by atoms with Gasteiger partial charge in [-0.15, -0.1) is 11.6 Å². The van der Waals surface area contributed by atoms with Gasteiger partial charge in [-0.1, -0.05) is 50.1 Å². The molecule has 5 heteroatoms. The van der Waals surface area contributed by atoms with Gasteiger partial charge >= 0.3 is 5.97 Å². The molecule has 0 saturated heterocycles. The lowest BCUT2D eigenvalue weighted by atomic mass is 9.71. The van der Waals surface area contributed by atoms with Crippen molar-refractivity contribution < 1.29 is 9.90 Å². The first kappa shape index (κ1) is 16.1. The number of imidazole rings is 1. The topological polar surface area (TPSA) is 66.0 Å². The maximum atomic E-state index is 11.7. The normalized spacial score (nSPS) is 24.5. The number of nitrogens with zero attached hydrogens (tertiary/aromatic N) is 1. The summed E-state index contributed by atoms with van der Waals surface area (Å²) in [5.41, 5.74) is 1.18. The summed E-state index contributed by atoms with van der Waals surface area (Å²) in [5, 5.41) is 9.54. The minimum Gasteiger partial charge on any atom is -0.477 e. The number of hydrogen-bond donors (Lipinski definition) is 2. The predicted octanol–water partition coefficient (Wildman–Crippen LogP) is 4.60. The molecular formula is C18H21ClN2O2. The molecule has 1 aromatic heterocycles. The van der Waals surface area contributed by atoms with E-state index < -0.39 is 5.97 Å². The maximum Gasteiger partial charge on any atom is 0.354 e. The van der Waals surface area contributed by atoms with Gasteiger partial charge in [0.1, 0.15) is 11.5 Å². The molecule has 122 valence electrons. The first-order valence-corrected chi connectivity index (χ1v) is 8.55. The first-order valence-electron chi connectivity index (χ1n) is 8.11. The van der Waals surface area contributed by atoms with Crippen LogP contribution in [0.2, 0.25) is 0 Å². The lowest BCUT2D eigenvalue weighted by molar-refractivity contribution is 0.0691. The van der Waals surface area contributed by atoms with E-state index in [2.05, 4.69) is 11.9 Å². The lowest BCUT2D eigenvalue weighted by Gasteiger charge is -2.39. The second-order valence-corrected chi connectivity index (χ2v) is 6.73. The molecule has 1 heterocycles. The molecule has 2 unspecified atom stereocenters. The fraction of sp³-hybridized carbons (Fsp3) is 0.444. The molecule has 4 nitrogen and oxygen atoms in total. The predicted molar refractivity (Wildman–Crippen MR) is 91.1 cm³/mol. The third-order valence-corrected chi connectivity index (χ3v) is 5.63. The highest BCUT2D eigenvalue weighted by molar-refractivity contribution is 6.21. The molecule has 1 aliphatic rings. The van der Waals surface area contributed by atoms with Crippen LogP contribution in [-0.4, -0.2) is 26.4 Å². The van der Waals surface area contributed by atoms with Gasteiger partial charge in [0.05, 0.1) is 0 Å². The van der Waals surface area contributed by atoms with Crippen molar-refractivity contribution in [1.82, 2.24) is 9.97 Å². The van der Waals surface area contributed by atoms with Gasteiger partial charge in [-0.05, 0) is 19.3 Å². The Bertz CT molecular complexity index is 698. The largest absolute Gasteiger partial charge is 0.477 e. The van der Waals surface area contributed by atoms with Crippen LogP contribution < -0.4 is 0 Å². The SMILES string of the molecule is CCC1(c2nc(-c3ccccc3)c(C(=O)O)[nH]2)CCCCC1Cl. The second-order valence-electron chi connectivity index (χ2n) is 6.20. The van der Waals surface area contributed by atoms with E-state index in [1.807, 2.05) is 30.3 Å². The fourth-order valence-electron chi connectivity index (χ4n) is 3.60. The number of halogens is 1. The number of hydrogen-bond acceptors (Lipinski definition) is 2. The number of H-pyrrole nitrogens is 1. The standard InChI is InChI=1S/C18H21ClN2O2/c1-2-18(11-7-6-10-13(18)19)17-20-14(15(21-17)16(22)23)12-8-4-3-5-9-12/h3-5,8-9,13H,2,6-7,10-11H2,1H3,(H,20,21)(H,22,23). The van der Waals surface area contributed by atoms with Crippen LogP contribution in [0.5, 0.6) is 0 Å². The molecule has 23 heavy (non-hydrogen) atoms. The van der Waals surface area contributed by atoms with Crippen molar-refractivity contribution in [1.29, 1.82) is 0 Å². The van der Waals surface area contributed by atoms with Crippen molar-refractivity contribution in [3.05, 3.63) is 41.9 Å². The summed E-state index contributed by atoms with van der Waals surface area (Å²) in [5.74, 6) is -0.272. The van der Waals surface area contributed by atoms with Crippen LogP contribution in [0.3, 0.4) is 0 Å². The molecule has 0 aliphatic heterocycles. The smallest absolute Gasteiger partial charge is 0.354 e. The number of carbonyl (C=O) groups is 1. The Balaban J connectivity index is 2.12. The molecule has 3 rings (SSSR count). The highest BCUT2D eigenvalue weighted by Crippen LogP contribution is 2.44. The summed E-state index contributed by atoms with van der Waals surface area (Å²) in [4.78, 5) is 19.4. The quantitative estimate of drug-likeness (QED) is 0.804. The molecular weight excluding hydrogens is 312 g/mol. The zero-order valence-electron chi connectivity index (χ0n) is 13.2. The number of rotatable bonds is 4. The third-order valence-electron chi connectivity index (χ3n) is 5.00. The molecule has 0 amide bonds. The van der Waals surface area contributed by atoms with E-state index in [4.69, 9.17) is 16.6 Å². The highest BCUT2D eigenvalue weighted by Gasteiger charge is 2.43. The molecule has 1 aromatic carbocycles. The van der Waals surface area contributed by atoms with Crippen LogP contribution in [0.25, 0.3) is 11.3 Å². The minimum absolute atomic E-state index is 0.0160. The Morgan fingerprint density at radius 1 is 1.39 bits per heavy atom. The maximum absolute atomic E-state index is 11.7. The van der Waals surface area contributed by atoms with Gasteiger partial charge < -0.3 is 10.1 Å². The van der Waals surface area contributed by atoms with Crippen molar-refractivity contribution in [3.8, 4) is 11.3 Å². The minimum atomic E-state index is -0.990. The Labute approximate surface area is 140 Å². The summed E-state index contributed by atoms with van der Waals surface area (Å²) in [6.07, 6.45) is 4.95. The summed E-state index contributed by atoms with van der Waals surface area (Å²) >= 11 is 6.65. The Morgan fingerprint density at radius 2 is 2.13 bits per heavy atom. The van der Waals surface area contributed by atoms with E-state index >= 15 is 0 Å². The average molecular weight is 333 g/mol. The summed E-state index contributed by atoms with van der Waals surface area (Å²) in [6, 6.07) is 9.43. The van der Waals surface area contributed by atoms with Gasteiger partial charge in [-0.2, -0.15) is 0 Å². The first-order chi connectivity index (χ1) is 11.1. The molecule has 1 aliphatic carbocycles. The number of nitrogens with one attached hydrogen (secondary N) is 1. The average Bonchev–Trinajstić information content (AvgIpc) is 3.02. The third kappa shape index (κ3) is 2.76. The Kier molecular flexibility index (Phi) is 4.44. The van der Waals surface area contributed by atoms with Gasteiger partial charge in [0.15, 0.2) is 5.69 Å². The molecule has 1 saturated carbocycles. The van der Waals surface area contributed by atoms with E-state index in [0.29, 0.717) is 5.69 Å². The van der Waals surface area contributed by atoms with Crippen LogP contribution in [0.15, 0.2) is 30.3 Å². The van der Waals surface area contributed by atoms with Gasteiger partial charge in [-0.3, -0.25) is 0 Å². The summed E-state index contributed by atoms with van der Waals surface area (Å²) in [7, 11) is 0. The molecule has 0 radical (unpaired) electrons. The number of carboxylic acids is 1. The van der Waals surface area contributed by atoms with Crippen molar-refractivity contribution >= 4 is 17.6 Å². The number of aromatic nitrogens is 2. The summed E-state index contributed by atoms with van der Waals surface area (Å²) in [6.45, 7) is 2.10. The zero-order valence-corrected chi connectivity index (χ0v) is 13.9. The van der Waals surface area contributed by atoms with Crippen LogP contribution >= 0.6 is 11.6 Å². The van der Waals surface area contributed by atoms with Crippen LogP contribution in [0.1, 0.15) is 55.3 Å². The van der Waals surface area contributed by atoms with Gasteiger partial charge in [-0.25, -0.2) is 9.78 Å². The Hall–Kier alpha value is -1.81. The fourth-order valence-corrected chi connectivity index (χ4v) is 4.12. The number of benzene rings is 1. The van der Waals surface area contributed by atoms with E-state index in [-0.39, 0.29) is 16.5 Å². The second kappa shape index (κ2) is 6.36. The van der Waals surface area contributed by atoms with Gasteiger partial charge in [0, 0.05) is 16.4 Å². The molecule has 2 N–H and O–H groups in total. The van der Waals surface area contributed by atoms with Crippen molar-refractivity contribution in [3.63, 3.8) is 0 Å². The molecule has 0 spiro atoms. The molecule has 0 bridgehead atoms. The van der Waals surface area contributed by atoms with Crippen LogP contribution in [-0.2, 0) is 5.41 Å². The summed E-state index contributed by atoms with van der Waals surface area (Å²) < 4.78 is 0. The Morgan fingerprint density at radius 3 is 2.74 bits per heavy atom. The van der Waals surface area contributed by atoms with Crippen molar-refractivity contribution in [2.75, 3.05) is 0 Å². The zero-order chi connectivity index (χ0) is 16.4. The highest BCUT2D eigenvalue weighted by atomic mass is 35.5. The molecule has 1 fully saturated rings. The lowest BCUT2D eigenvalue weighted by Crippen LogP contribution is -2.39. The van der Waals surface area contributed by atoms with Gasteiger partial charge in [0.25, 0.3) is 0 Å². The molecule has 2 aromatic rings. The van der Waals surface area contributed by atoms with E-state index in [1.165, 1.54) is 0 Å².